The summed E-state index contributed by atoms with van der Waals surface area (Å²) in [4.78, 5) is 4.94. The van der Waals surface area contributed by atoms with E-state index in [4.69, 9.17) is 0 Å². The molecule has 38 heavy (non-hydrogen) atoms. The number of aryl methyl sites for hydroxylation is 1. The van der Waals surface area contributed by atoms with E-state index in [-0.39, 0.29) is 12.1 Å². The second kappa shape index (κ2) is 8.39. The molecular formula is C35H31BN2. The van der Waals surface area contributed by atoms with Crippen LogP contribution in [0, 0.1) is 6.92 Å². The molecule has 2 heterocycles. The molecule has 5 aromatic carbocycles. The van der Waals surface area contributed by atoms with Crippen LogP contribution in [0.5, 0.6) is 0 Å². The Morgan fingerprint density at radius 3 is 1.66 bits per heavy atom. The van der Waals surface area contributed by atoms with Crippen molar-refractivity contribution in [3.8, 4) is 0 Å². The lowest BCUT2D eigenvalue weighted by molar-refractivity contribution is 0.590. The van der Waals surface area contributed by atoms with E-state index in [9.17, 15) is 0 Å². The monoisotopic (exact) mass is 490 g/mol. The lowest BCUT2D eigenvalue weighted by Gasteiger charge is -2.44. The summed E-state index contributed by atoms with van der Waals surface area (Å²) < 4.78 is 0. The van der Waals surface area contributed by atoms with Gasteiger partial charge in [-0.25, -0.2) is 0 Å². The highest BCUT2D eigenvalue weighted by molar-refractivity contribution is 7.00. The minimum atomic E-state index is 0.0595. The first kappa shape index (κ1) is 22.9. The maximum absolute atomic E-state index is 2.49. The second-order valence-electron chi connectivity index (χ2n) is 11.6. The van der Waals surface area contributed by atoms with Crippen LogP contribution in [0.4, 0.5) is 34.1 Å². The van der Waals surface area contributed by atoms with Gasteiger partial charge in [0.25, 0.3) is 6.71 Å². The minimum absolute atomic E-state index is 0.0595. The molecule has 0 N–H and O–H groups in total. The molecule has 2 aliphatic rings. The predicted molar refractivity (Wildman–Crippen MR) is 164 cm³/mol. The van der Waals surface area contributed by atoms with Crippen molar-refractivity contribution in [1.29, 1.82) is 0 Å². The number of hydrogen-bond donors (Lipinski definition) is 0. The van der Waals surface area contributed by atoms with Gasteiger partial charge in [0.1, 0.15) is 0 Å². The maximum atomic E-state index is 2.49. The summed E-state index contributed by atoms with van der Waals surface area (Å²) in [6.07, 6.45) is 0. The van der Waals surface area contributed by atoms with Crippen molar-refractivity contribution < 1.29 is 0 Å². The lowest BCUT2D eigenvalue weighted by Crippen LogP contribution is -2.61. The van der Waals surface area contributed by atoms with Crippen LogP contribution in [-0.2, 0) is 5.41 Å². The van der Waals surface area contributed by atoms with Gasteiger partial charge >= 0.3 is 0 Å². The molecule has 0 radical (unpaired) electrons. The number of hydrogen-bond acceptors (Lipinski definition) is 2. The van der Waals surface area contributed by atoms with Crippen molar-refractivity contribution in [2.75, 3.05) is 9.80 Å². The minimum Gasteiger partial charge on any atom is -0.311 e. The van der Waals surface area contributed by atoms with Crippen molar-refractivity contribution in [2.45, 2.75) is 33.1 Å². The standard InChI is InChI=1S/C35H31BN2/c1-24-21-32-34-33(22-24)38(27-15-9-6-10-16-27)31-23-25(35(2,3)4)19-20-29(31)36(34)28-17-11-12-18-30(28)37(32)26-13-7-5-8-14-26/h5-23H,1-4H3. The van der Waals surface area contributed by atoms with Gasteiger partial charge in [0, 0.05) is 34.1 Å². The third-order valence-corrected chi connectivity index (χ3v) is 8.02. The van der Waals surface area contributed by atoms with Crippen LogP contribution in [-0.4, -0.2) is 6.71 Å². The van der Waals surface area contributed by atoms with Gasteiger partial charge < -0.3 is 9.80 Å². The predicted octanol–water partition coefficient (Wildman–Crippen LogP) is 7.38. The first-order valence-corrected chi connectivity index (χ1v) is 13.5. The van der Waals surface area contributed by atoms with Gasteiger partial charge in [0.05, 0.1) is 0 Å². The zero-order chi connectivity index (χ0) is 26.0. The molecular weight excluding hydrogens is 459 g/mol. The van der Waals surface area contributed by atoms with Crippen LogP contribution in [0.25, 0.3) is 0 Å². The highest BCUT2D eigenvalue weighted by Crippen LogP contribution is 2.44. The maximum Gasteiger partial charge on any atom is 0.252 e. The first-order valence-electron chi connectivity index (χ1n) is 13.5. The molecule has 184 valence electrons. The fourth-order valence-electron chi connectivity index (χ4n) is 6.26. The van der Waals surface area contributed by atoms with E-state index in [0.29, 0.717) is 0 Å². The Morgan fingerprint density at radius 1 is 0.526 bits per heavy atom. The van der Waals surface area contributed by atoms with Crippen molar-refractivity contribution >= 4 is 57.2 Å². The molecule has 0 amide bonds. The van der Waals surface area contributed by atoms with Crippen molar-refractivity contribution in [1.82, 2.24) is 0 Å². The van der Waals surface area contributed by atoms with E-state index in [2.05, 4.69) is 153 Å². The fourth-order valence-corrected chi connectivity index (χ4v) is 6.26. The van der Waals surface area contributed by atoms with E-state index in [1.54, 1.807) is 0 Å². The Kier molecular flexibility index (Phi) is 5.06. The van der Waals surface area contributed by atoms with Gasteiger partial charge in [0.2, 0.25) is 0 Å². The van der Waals surface area contributed by atoms with Crippen LogP contribution in [0.3, 0.4) is 0 Å². The van der Waals surface area contributed by atoms with Crippen LogP contribution in [0.1, 0.15) is 31.9 Å². The summed E-state index contributed by atoms with van der Waals surface area (Å²) in [5.74, 6) is 0. The fraction of sp³-hybridized carbons (Fsp3) is 0.143. The topological polar surface area (TPSA) is 6.48 Å². The van der Waals surface area contributed by atoms with Gasteiger partial charge in [0.15, 0.2) is 0 Å². The highest BCUT2D eigenvalue weighted by Gasteiger charge is 2.43. The lowest BCUT2D eigenvalue weighted by atomic mass is 9.33. The number of rotatable bonds is 2. The quantitative estimate of drug-likeness (QED) is 0.234. The summed E-state index contributed by atoms with van der Waals surface area (Å²) in [6.45, 7) is 9.29. The van der Waals surface area contributed by atoms with E-state index < -0.39 is 0 Å². The molecule has 5 aromatic rings. The van der Waals surface area contributed by atoms with Crippen LogP contribution >= 0.6 is 0 Å². The number of benzene rings is 5. The summed E-state index contributed by atoms with van der Waals surface area (Å²) >= 11 is 0. The second-order valence-corrected chi connectivity index (χ2v) is 11.6. The molecule has 0 unspecified atom stereocenters. The zero-order valence-electron chi connectivity index (χ0n) is 22.4. The molecule has 0 bridgehead atoms. The Balaban J connectivity index is 1.60. The molecule has 7 rings (SSSR count). The third-order valence-electron chi connectivity index (χ3n) is 8.02. The molecule has 0 saturated carbocycles. The van der Waals surface area contributed by atoms with Gasteiger partial charge in [-0.3, -0.25) is 0 Å². The summed E-state index contributed by atoms with van der Waals surface area (Å²) in [6, 6.07) is 42.5. The number of anilines is 6. The average molecular weight is 490 g/mol. The molecule has 0 saturated heterocycles. The van der Waals surface area contributed by atoms with Gasteiger partial charge in [-0.05, 0) is 88.4 Å². The van der Waals surface area contributed by atoms with E-state index >= 15 is 0 Å². The molecule has 0 atom stereocenters. The van der Waals surface area contributed by atoms with Crippen molar-refractivity contribution in [3.63, 3.8) is 0 Å². The Morgan fingerprint density at radius 2 is 1.05 bits per heavy atom. The summed E-state index contributed by atoms with van der Waals surface area (Å²) in [5, 5.41) is 0. The van der Waals surface area contributed by atoms with E-state index in [0.717, 1.165) is 0 Å². The molecule has 0 fully saturated rings. The number of fused-ring (bicyclic) bond motifs is 4. The van der Waals surface area contributed by atoms with Gasteiger partial charge in [-0.2, -0.15) is 0 Å². The molecule has 3 heteroatoms. The molecule has 0 aliphatic carbocycles. The Hall–Kier alpha value is -4.24. The first-order chi connectivity index (χ1) is 18.4. The third kappa shape index (κ3) is 3.42. The largest absolute Gasteiger partial charge is 0.311 e. The highest BCUT2D eigenvalue weighted by atomic mass is 15.2. The molecule has 2 aliphatic heterocycles. The number of nitrogens with zero attached hydrogens (tertiary/aromatic N) is 2. The average Bonchev–Trinajstić information content (AvgIpc) is 2.93. The van der Waals surface area contributed by atoms with Crippen LogP contribution in [0.2, 0.25) is 0 Å². The van der Waals surface area contributed by atoms with Crippen LogP contribution < -0.4 is 26.2 Å². The van der Waals surface area contributed by atoms with Gasteiger partial charge in [-0.1, -0.05) is 87.5 Å². The van der Waals surface area contributed by atoms with Crippen molar-refractivity contribution in [3.05, 3.63) is 126 Å². The SMILES string of the molecule is Cc1cc2c3c(c1)N(c1ccccc1)c1cc(C(C)(C)C)ccc1B3c1ccccc1N2c1ccccc1. The smallest absolute Gasteiger partial charge is 0.252 e. The summed E-state index contributed by atoms with van der Waals surface area (Å²) in [7, 11) is 0. The molecule has 0 spiro atoms. The van der Waals surface area contributed by atoms with Gasteiger partial charge in [-0.15, -0.1) is 0 Å². The van der Waals surface area contributed by atoms with E-state index in [1.165, 1.54) is 61.6 Å². The summed E-state index contributed by atoms with van der Waals surface area (Å²) in [5.41, 5.74) is 14.2. The normalized spacial score (nSPS) is 13.6. The molecule has 2 nitrogen and oxygen atoms in total. The Labute approximate surface area is 226 Å². The van der Waals surface area contributed by atoms with E-state index in [1.807, 2.05) is 0 Å². The van der Waals surface area contributed by atoms with Crippen LogP contribution in [0.15, 0.2) is 115 Å². The molecule has 0 aromatic heterocycles. The Bertz CT molecular complexity index is 1670. The number of para-hydroxylation sites is 3. The van der Waals surface area contributed by atoms with Crippen molar-refractivity contribution in [2.24, 2.45) is 0 Å². The zero-order valence-corrected chi connectivity index (χ0v) is 22.4.